The number of carbonyl (C=O) groups excluding carboxylic acids is 1. The summed E-state index contributed by atoms with van der Waals surface area (Å²) < 4.78 is 5.37. The molecule has 0 saturated heterocycles. The van der Waals surface area contributed by atoms with E-state index in [1.165, 1.54) is 0 Å². The molecule has 7 nitrogen and oxygen atoms in total. The van der Waals surface area contributed by atoms with Gasteiger partial charge in [0, 0.05) is 44.2 Å². The molecule has 0 aliphatic rings. The van der Waals surface area contributed by atoms with Gasteiger partial charge < -0.3 is 20.5 Å². The van der Waals surface area contributed by atoms with Crippen LogP contribution < -0.4 is 16.0 Å². The molecule has 0 spiro atoms. The van der Waals surface area contributed by atoms with E-state index in [4.69, 9.17) is 27.7 Å². The fourth-order valence-corrected chi connectivity index (χ4v) is 2.92. The third-order valence-corrected chi connectivity index (χ3v) is 4.89. The number of nitrogens with zero attached hydrogens (tertiary/aromatic N) is 2. The van der Waals surface area contributed by atoms with Crippen molar-refractivity contribution in [1.29, 1.82) is 0 Å². The minimum absolute atomic E-state index is 0. The van der Waals surface area contributed by atoms with E-state index in [2.05, 4.69) is 26.1 Å². The molecule has 1 aromatic carbocycles. The van der Waals surface area contributed by atoms with Gasteiger partial charge in [-0.2, -0.15) is 0 Å². The van der Waals surface area contributed by atoms with Crippen LogP contribution in [-0.4, -0.2) is 37.2 Å². The maximum Gasteiger partial charge on any atom is 0.251 e. The molecule has 2 rings (SSSR count). The van der Waals surface area contributed by atoms with Gasteiger partial charge in [0.15, 0.2) is 5.96 Å². The van der Waals surface area contributed by atoms with Gasteiger partial charge in [-0.05, 0) is 24.6 Å². The largest absolute Gasteiger partial charge is 0.361 e. The third kappa shape index (κ3) is 7.35. The number of nitrogens with one attached hydrogen (secondary N) is 3. The molecule has 3 N–H and O–H groups in total. The number of aryl methyl sites for hydroxylation is 2. The molecule has 1 aromatic heterocycles. The van der Waals surface area contributed by atoms with Crippen molar-refractivity contribution in [3.05, 3.63) is 50.8 Å². The fourth-order valence-electron chi connectivity index (χ4n) is 2.63. The molecule has 0 bridgehead atoms. The highest BCUT2D eigenvalue weighted by Gasteiger charge is 2.13. The van der Waals surface area contributed by atoms with Gasteiger partial charge in [0.25, 0.3) is 5.91 Å². The quantitative estimate of drug-likeness (QED) is 0.200. The summed E-state index contributed by atoms with van der Waals surface area (Å²) in [6, 6.07) is 4.78. The van der Waals surface area contributed by atoms with E-state index < -0.39 is 0 Å². The van der Waals surface area contributed by atoms with Crippen LogP contribution in [0.15, 0.2) is 27.7 Å². The van der Waals surface area contributed by atoms with E-state index in [-0.39, 0.29) is 29.9 Å². The van der Waals surface area contributed by atoms with Crippen molar-refractivity contribution in [3.63, 3.8) is 0 Å². The zero-order valence-electron chi connectivity index (χ0n) is 16.6. The number of hydrogen-bond acceptors (Lipinski definition) is 4. The lowest BCUT2D eigenvalue weighted by molar-refractivity contribution is 0.0954. The zero-order chi connectivity index (χ0) is 20.5. The first kappa shape index (κ1) is 25.5. The average molecular weight is 554 g/mol. The van der Waals surface area contributed by atoms with Crippen molar-refractivity contribution >= 4 is 59.0 Å². The van der Waals surface area contributed by atoms with Crippen LogP contribution in [0.2, 0.25) is 10.0 Å². The monoisotopic (exact) mass is 553 g/mol. The summed E-state index contributed by atoms with van der Waals surface area (Å²) in [6.07, 6.45) is 1.60. The first-order valence-electron chi connectivity index (χ1n) is 9.14. The Morgan fingerprint density at radius 2 is 1.83 bits per heavy atom. The van der Waals surface area contributed by atoms with E-state index >= 15 is 0 Å². The molecule has 0 fully saturated rings. The van der Waals surface area contributed by atoms with Crippen molar-refractivity contribution in [2.24, 2.45) is 4.99 Å². The molecule has 29 heavy (non-hydrogen) atoms. The van der Waals surface area contributed by atoms with Crippen LogP contribution in [0.5, 0.6) is 0 Å². The van der Waals surface area contributed by atoms with E-state index in [9.17, 15) is 4.79 Å². The summed E-state index contributed by atoms with van der Waals surface area (Å²) >= 11 is 11.8. The fraction of sp³-hybridized carbons (Fsp3) is 0.421. The van der Waals surface area contributed by atoms with Gasteiger partial charge in [0.2, 0.25) is 0 Å². The second-order valence-corrected chi connectivity index (χ2v) is 6.79. The van der Waals surface area contributed by atoms with Crippen molar-refractivity contribution in [3.8, 4) is 0 Å². The lowest BCUT2D eigenvalue weighted by Gasteiger charge is -2.13. The normalized spacial score (nSPS) is 11.0. The van der Waals surface area contributed by atoms with Crippen LogP contribution in [0.3, 0.4) is 0 Å². The molecule has 160 valence electrons. The summed E-state index contributed by atoms with van der Waals surface area (Å²) in [5, 5.41) is 14.1. The van der Waals surface area contributed by atoms with Crippen molar-refractivity contribution < 1.29 is 9.32 Å². The number of rotatable bonds is 8. The molecule has 1 heterocycles. The predicted octanol–water partition coefficient (Wildman–Crippen LogP) is 3.82. The average Bonchev–Trinajstić information content (AvgIpc) is 3.11. The van der Waals surface area contributed by atoms with Crippen LogP contribution in [-0.2, 0) is 19.4 Å². The lowest BCUT2D eigenvalue weighted by atomic mass is 10.1. The molecule has 10 heteroatoms. The van der Waals surface area contributed by atoms with E-state index in [1.807, 2.05) is 13.8 Å². The summed E-state index contributed by atoms with van der Waals surface area (Å²) in [4.78, 5) is 16.3. The smallest absolute Gasteiger partial charge is 0.251 e. The van der Waals surface area contributed by atoms with E-state index in [1.54, 1.807) is 25.2 Å². The van der Waals surface area contributed by atoms with Crippen molar-refractivity contribution in [1.82, 2.24) is 21.1 Å². The van der Waals surface area contributed by atoms with Gasteiger partial charge in [-0.15, -0.1) is 24.0 Å². The molecule has 0 unspecified atom stereocenters. The van der Waals surface area contributed by atoms with Crippen LogP contribution >= 0.6 is 47.2 Å². The Labute approximate surface area is 198 Å². The van der Waals surface area contributed by atoms with Crippen LogP contribution in [0, 0.1) is 0 Å². The Hall–Kier alpha value is -1.52. The first-order chi connectivity index (χ1) is 13.5. The number of guanidine groups is 1. The Morgan fingerprint density at radius 3 is 2.45 bits per heavy atom. The molecule has 0 atom stereocenters. The molecule has 2 aromatic rings. The highest BCUT2D eigenvalue weighted by Crippen LogP contribution is 2.22. The predicted molar refractivity (Wildman–Crippen MR) is 128 cm³/mol. The standard InChI is InChI=1S/C19H25Cl2N5O2.HI/c1-4-16-13(17(5-2)28-26-16)11-25-19(22-3)24-9-8-23-18(27)12-6-7-14(20)15(21)10-12;/h6-7,10H,4-5,8-9,11H2,1-3H3,(H,23,27)(H2,22,24,25);1H. The van der Waals surface area contributed by atoms with Gasteiger partial charge in [-0.3, -0.25) is 9.79 Å². The van der Waals surface area contributed by atoms with E-state index in [0.29, 0.717) is 41.2 Å². The van der Waals surface area contributed by atoms with Gasteiger partial charge >= 0.3 is 0 Å². The Kier molecular flexibility index (Phi) is 11.4. The maximum absolute atomic E-state index is 12.1. The number of halogens is 3. The molecular formula is C19H26Cl2IN5O2. The number of aromatic nitrogens is 1. The number of hydrogen-bond donors (Lipinski definition) is 3. The number of carbonyl (C=O) groups is 1. The van der Waals surface area contributed by atoms with Gasteiger partial charge in [0.1, 0.15) is 5.76 Å². The number of amides is 1. The Morgan fingerprint density at radius 1 is 1.10 bits per heavy atom. The second kappa shape index (κ2) is 12.9. The first-order valence-corrected chi connectivity index (χ1v) is 9.89. The molecule has 0 radical (unpaired) electrons. The van der Waals surface area contributed by atoms with E-state index in [0.717, 1.165) is 29.9 Å². The number of aliphatic imine (C=N–C) groups is 1. The van der Waals surface area contributed by atoms with Gasteiger partial charge in [0.05, 0.1) is 15.7 Å². The summed E-state index contributed by atoms with van der Waals surface area (Å²) in [5.74, 6) is 1.30. The minimum Gasteiger partial charge on any atom is -0.361 e. The Bertz CT molecular complexity index is 821. The summed E-state index contributed by atoms with van der Waals surface area (Å²) in [7, 11) is 1.69. The molecular weight excluding hydrogens is 528 g/mol. The van der Waals surface area contributed by atoms with Gasteiger partial charge in [-0.25, -0.2) is 0 Å². The van der Waals surface area contributed by atoms with Crippen LogP contribution in [0.4, 0.5) is 0 Å². The summed E-state index contributed by atoms with van der Waals surface area (Å²) in [5.41, 5.74) is 2.48. The Balaban J connectivity index is 0.00000420. The molecule has 0 aliphatic carbocycles. The molecule has 1 amide bonds. The topological polar surface area (TPSA) is 91.6 Å². The SMILES string of the molecule is CCc1noc(CC)c1CNC(=NC)NCCNC(=O)c1ccc(Cl)c(Cl)c1.I. The van der Waals surface area contributed by atoms with Crippen molar-refractivity contribution in [2.75, 3.05) is 20.1 Å². The summed E-state index contributed by atoms with van der Waals surface area (Å²) in [6.45, 7) is 5.59. The number of benzene rings is 1. The molecule has 0 aliphatic heterocycles. The highest BCUT2D eigenvalue weighted by molar-refractivity contribution is 14.0. The lowest BCUT2D eigenvalue weighted by Crippen LogP contribution is -2.41. The van der Waals surface area contributed by atoms with Gasteiger partial charge in [-0.1, -0.05) is 42.2 Å². The molecule has 0 saturated carbocycles. The second-order valence-electron chi connectivity index (χ2n) is 5.98. The zero-order valence-corrected chi connectivity index (χ0v) is 20.5. The van der Waals surface area contributed by atoms with Crippen LogP contribution in [0.1, 0.15) is 41.2 Å². The third-order valence-electron chi connectivity index (χ3n) is 4.15. The minimum atomic E-state index is -0.215. The maximum atomic E-state index is 12.1. The highest BCUT2D eigenvalue weighted by atomic mass is 127. The van der Waals surface area contributed by atoms with Crippen LogP contribution in [0.25, 0.3) is 0 Å². The van der Waals surface area contributed by atoms with Crippen molar-refractivity contribution in [2.45, 2.75) is 33.2 Å².